The van der Waals surface area contributed by atoms with E-state index in [1.54, 1.807) is 36.1 Å². The Hall–Kier alpha value is -3.12. The average molecular weight is 437 g/mol. The summed E-state index contributed by atoms with van der Waals surface area (Å²) in [6.45, 7) is 4.08. The summed E-state index contributed by atoms with van der Waals surface area (Å²) in [6.07, 6.45) is 5.02. The van der Waals surface area contributed by atoms with Gasteiger partial charge in [-0.1, -0.05) is 24.3 Å². The summed E-state index contributed by atoms with van der Waals surface area (Å²) in [7, 11) is 1.71. The molecule has 1 aliphatic rings. The van der Waals surface area contributed by atoms with E-state index < -0.39 is 0 Å². The number of likely N-dealkylation sites (tertiary alicyclic amines) is 1. The second kappa shape index (κ2) is 10.5. The van der Waals surface area contributed by atoms with Gasteiger partial charge in [0.1, 0.15) is 23.9 Å². The SMILES string of the molecule is COc1cc(CCn2ccc(OCc3ccc(F)cc3)cc2=O)ccc1CN1CCCC1. The number of nitrogens with zero attached hydrogens (tertiary/aromatic N) is 2. The van der Waals surface area contributed by atoms with Crippen LogP contribution in [0.1, 0.15) is 29.5 Å². The van der Waals surface area contributed by atoms with Crippen molar-refractivity contribution in [1.29, 1.82) is 0 Å². The van der Waals surface area contributed by atoms with Crippen LogP contribution in [0.3, 0.4) is 0 Å². The summed E-state index contributed by atoms with van der Waals surface area (Å²) in [6, 6.07) is 15.7. The molecule has 2 aromatic carbocycles. The third kappa shape index (κ3) is 5.77. The molecule has 0 amide bonds. The van der Waals surface area contributed by atoms with Crippen molar-refractivity contribution in [3.8, 4) is 11.5 Å². The van der Waals surface area contributed by atoms with Gasteiger partial charge in [0.05, 0.1) is 7.11 Å². The van der Waals surface area contributed by atoms with Crippen molar-refractivity contribution in [3.05, 3.63) is 93.7 Å². The number of benzene rings is 2. The van der Waals surface area contributed by atoms with E-state index in [2.05, 4.69) is 23.1 Å². The predicted octanol–water partition coefficient (Wildman–Crippen LogP) is 4.41. The van der Waals surface area contributed by atoms with Crippen molar-refractivity contribution >= 4 is 0 Å². The highest BCUT2D eigenvalue weighted by Crippen LogP contribution is 2.24. The number of ether oxygens (including phenoxy) is 2. The fraction of sp³-hybridized carbons (Fsp3) is 0.346. The first kappa shape index (κ1) is 22.1. The van der Waals surface area contributed by atoms with Gasteiger partial charge in [-0.25, -0.2) is 4.39 Å². The van der Waals surface area contributed by atoms with E-state index in [1.165, 1.54) is 36.6 Å². The molecule has 0 unspecified atom stereocenters. The Bertz CT molecular complexity index is 1090. The number of aryl methyl sites for hydroxylation is 2. The van der Waals surface area contributed by atoms with E-state index in [1.807, 2.05) is 0 Å². The Morgan fingerprint density at radius 2 is 1.72 bits per heavy atom. The van der Waals surface area contributed by atoms with Crippen LogP contribution in [0.15, 0.2) is 65.6 Å². The second-order valence-corrected chi connectivity index (χ2v) is 8.19. The summed E-state index contributed by atoms with van der Waals surface area (Å²) in [5.74, 6) is 1.13. The minimum atomic E-state index is -0.282. The maximum atomic E-state index is 13.0. The molecule has 6 heteroatoms. The molecule has 2 heterocycles. The van der Waals surface area contributed by atoms with E-state index in [-0.39, 0.29) is 18.0 Å². The molecule has 3 aromatic rings. The van der Waals surface area contributed by atoms with Crippen LogP contribution in [0, 0.1) is 5.82 Å². The van der Waals surface area contributed by atoms with Gasteiger partial charge >= 0.3 is 0 Å². The lowest BCUT2D eigenvalue weighted by molar-refractivity contribution is 0.304. The first-order valence-corrected chi connectivity index (χ1v) is 11.1. The maximum Gasteiger partial charge on any atom is 0.254 e. The lowest BCUT2D eigenvalue weighted by Gasteiger charge is -2.17. The van der Waals surface area contributed by atoms with Crippen LogP contribution in [-0.2, 0) is 26.1 Å². The highest BCUT2D eigenvalue weighted by atomic mass is 19.1. The Labute approximate surface area is 188 Å². The zero-order valence-corrected chi connectivity index (χ0v) is 18.4. The first-order chi connectivity index (χ1) is 15.6. The van der Waals surface area contributed by atoms with Gasteiger partial charge in [-0.2, -0.15) is 0 Å². The Kier molecular flexibility index (Phi) is 7.22. The fourth-order valence-corrected chi connectivity index (χ4v) is 4.02. The number of hydrogen-bond acceptors (Lipinski definition) is 4. The summed E-state index contributed by atoms with van der Waals surface area (Å²) >= 11 is 0. The molecule has 168 valence electrons. The first-order valence-electron chi connectivity index (χ1n) is 11.1. The second-order valence-electron chi connectivity index (χ2n) is 8.19. The quantitative estimate of drug-likeness (QED) is 0.498. The largest absolute Gasteiger partial charge is 0.496 e. The molecule has 1 fully saturated rings. The van der Waals surface area contributed by atoms with Gasteiger partial charge in [0.25, 0.3) is 5.56 Å². The van der Waals surface area contributed by atoms with Gasteiger partial charge in [0, 0.05) is 30.9 Å². The lowest BCUT2D eigenvalue weighted by Crippen LogP contribution is -2.20. The third-order valence-electron chi connectivity index (χ3n) is 5.87. The van der Waals surface area contributed by atoms with Crippen LogP contribution < -0.4 is 15.0 Å². The van der Waals surface area contributed by atoms with Crippen LogP contribution in [0.2, 0.25) is 0 Å². The molecular formula is C26H29FN2O3. The highest BCUT2D eigenvalue weighted by Gasteiger charge is 2.14. The molecule has 32 heavy (non-hydrogen) atoms. The van der Waals surface area contributed by atoms with Gasteiger partial charge in [0.15, 0.2) is 0 Å². The van der Waals surface area contributed by atoms with Crippen molar-refractivity contribution in [2.45, 2.75) is 39.0 Å². The van der Waals surface area contributed by atoms with E-state index >= 15 is 0 Å². The molecular weight excluding hydrogens is 407 g/mol. The third-order valence-corrected chi connectivity index (χ3v) is 5.87. The standard InChI is InChI=1S/C26H29FN2O3/c1-31-25-16-20(4-7-22(25)18-28-12-2-3-13-28)10-14-29-15-11-24(17-26(29)30)32-19-21-5-8-23(27)9-6-21/h4-9,11,15-17H,2-3,10,12-14,18-19H2,1H3. The minimum absolute atomic E-state index is 0.112. The maximum absolute atomic E-state index is 13.0. The van der Waals surface area contributed by atoms with Crippen LogP contribution in [0.25, 0.3) is 0 Å². The molecule has 0 bridgehead atoms. The van der Waals surface area contributed by atoms with E-state index in [0.717, 1.165) is 42.9 Å². The van der Waals surface area contributed by atoms with Crippen molar-refractivity contribution in [1.82, 2.24) is 9.47 Å². The summed E-state index contributed by atoms with van der Waals surface area (Å²) < 4.78 is 26.0. The van der Waals surface area contributed by atoms with Crippen LogP contribution >= 0.6 is 0 Å². The molecule has 0 N–H and O–H groups in total. The smallest absolute Gasteiger partial charge is 0.254 e. The number of methoxy groups -OCH3 is 1. The molecule has 0 radical (unpaired) electrons. The van der Waals surface area contributed by atoms with Gasteiger partial charge in [0.2, 0.25) is 0 Å². The van der Waals surface area contributed by atoms with Crippen LogP contribution in [0.5, 0.6) is 11.5 Å². The fourth-order valence-electron chi connectivity index (χ4n) is 4.02. The summed E-state index contributed by atoms with van der Waals surface area (Å²) in [5, 5.41) is 0. The van der Waals surface area contributed by atoms with Gasteiger partial charge in [-0.05, 0) is 67.7 Å². The highest BCUT2D eigenvalue weighted by molar-refractivity contribution is 5.37. The van der Waals surface area contributed by atoms with E-state index in [0.29, 0.717) is 12.3 Å². The zero-order chi connectivity index (χ0) is 22.3. The van der Waals surface area contributed by atoms with Crippen molar-refractivity contribution in [2.75, 3.05) is 20.2 Å². The van der Waals surface area contributed by atoms with Gasteiger partial charge in [-0.3, -0.25) is 9.69 Å². The van der Waals surface area contributed by atoms with Crippen molar-refractivity contribution < 1.29 is 13.9 Å². The predicted molar refractivity (Wildman–Crippen MR) is 123 cm³/mol. The molecule has 0 spiro atoms. The average Bonchev–Trinajstić information content (AvgIpc) is 3.32. The lowest BCUT2D eigenvalue weighted by atomic mass is 10.1. The van der Waals surface area contributed by atoms with Crippen molar-refractivity contribution in [3.63, 3.8) is 0 Å². The zero-order valence-electron chi connectivity index (χ0n) is 18.4. The Morgan fingerprint density at radius 1 is 0.969 bits per heavy atom. The van der Waals surface area contributed by atoms with E-state index in [9.17, 15) is 9.18 Å². The van der Waals surface area contributed by atoms with Crippen LogP contribution in [-0.4, -0.2) is 29.7 Å². The molecule has 1 aromatic heterocycles. The molecule has 4 rings (SSSR count). The molecule has 0 aliphatic carbocycles. The molecule has 0 saturated carbocycles. The minimum Gasteiger partial charge on any atom is -0.496 e. The Morgan fingerprint density at radius 3 is 2.44 bits per heavy atom. The number of aromatic nitrogens is 1. The van der Waals surface area contributed by atoms with Crippen LogP contribution in [0.4, 0.5) is 4.39 Å². The van der Waals surface area contributed by atoms with Crippen molar-refractivity contribution in [2.24, 2.45) is 0 Å². The number of hydrogen-bond donors (Lipinski definition) is 0. The molecule has 5 nitrogen and oxygen atoms in total. The number of halogens is 1. The number of pyridine rings is 1. The van der Waals surface area contributed by atoms with E-state index in [4.69, 9.17) is 9.47 Å². The Balaban J connectivity index is 1.34. The number of rotatable bonds is 9. The van der Waals surface area contributed by atoms with Gasteiger partial charge in [-0.15, -0.1) is 0 Å². The molecule has 1 saturated heterocycles. The monoisotopic (exact) mass is 436 g/mol. The summed E-state index contributed by atoms with van der Waals surface area (Å²) in [5.41, 5.74) is 3.07. The topological polar surface area (TPSA) is 43.7 Å². The molecule has 0 atom stereocenters. The molecule has 1 aliphatic heterocycles. The summed E-state index contributed by atoms with van der Waals surface area (Å²) in [4.78, 5) is 14.9. The normalized spacial score (nSPS) is 13.9. The van der Waals surface area contributed by atoms with Gasteiger partial charge < -0.3 is 14.0 Å².